The highest BCUT2D eigenvalue weighted by atomic mass is 16.4. The lowest BCUT2D eigenvalue weighted by atomic mass is 9.89. The van der Waals surface area contributed by atoms with Crippen molar-refractivity contribution in [2.75, 3.05) is 18.5 Å². The summed E-state index contributed by atoms with van der Waals surface area (Å²) in [6.45, 7) is 0.991. The van der Waals surface area contributed by atoms with Crippen LogP contribution < -0.4 is 4.90 Å². The van der Waals surface area contributed by atoms with Crippen molar-refractivity contribution in [3.8, 4) is 0 Å². The molecule has 1 aromatic heterocycles. The smallest absolute Gasteiger partial charge is 0.328 e. The van der Waals surface area contributed by atoms with Crippen molar-refractivity contribution in [3.63, 3.8) is 0 Å². The molecular formula is C16H22N2O2. The number of aromatic nitrogens is 1. The van der Waals surface area contributed by atoms with Crippen LogP contribution in [0.1, 0.15) is 37.7 Å². The molecule has 0 unspecified atom stereocenters. The number of aliphatic carboxylic acids is 1. The molecule has 0 bridgehead atoms. The summed E-state index contributed by atoms with van der Waals surface area (Å²) in [5.41, 5.74) is 0.855. The summed E-state index contributed by atoms with van der Waals surface area (Å²) in [6.07, 6.45) is 11.1. The molecule has 4 heteroatoms. The number of pyridine rings is 1. The minimum absolute atomic E-state index is 0.729. The molecule has 0 aliphatic heterocycles. The van der Waals surface area contributed by atoms with Crippen molar-refractivity contribution < 1.29 is 9.90 Å². The van der Waals surface area contributed by atoms with E-state index in [0.717, 1.165) is 29.9 Å². The maximum Gasteiger partial charge on any atom is 0.328 e. The second-order valence-corrected chi connectivity index (χ2v) is 5.47. The topological polar surface area (TPSA) is 53.4 Å². The van der Waals surface area contributed by atoms with Gasteiger partial charge in [0.15, 0.2) is 0 Å². The van der Waals surface area contributed by atoms with Crippen molar-refractivity contribution >= 4 is 17.9 Å². The van der Waals surface area contributed by atoms with Gasteiger partial charge in [-0.05, 0) is 37.0 Å². The van der Waals surface area contributed by atoms with E-state index in [1.807, 2.05) is 19.2 Å². The SMILES string of the molecule is CN(CC1CCCCC1)c1ncccc1/C=C/C(=O)O. The zero-order valence-electron chi connectivity index (χ0n) is 12.0. The molecule has 0 spiro atoms. The summed E-state index contributed by atoms with van der Waals surface area (Å²) < 4.78 is 0. The number of anilines is 1. The molecule has 1 aliphatic carbocycles. The molecule has 0 radical (unpaired) electrons. The van der Waals surface area contributed by atoms with Gasteiger partial charge in [-0.3, -0.25) is 0 Å². The first-order chi connectivity index (χ1) is 9.66. The Balaban J connectivity index is 2.08. The van der Waals surface area contributed by atoms with Gasteiger partial charge in [-0.15, -0.1) is 0 Å². The zero-order chi connectivity index (χ0) is 14.4. The van der Waals surface area contributed by atoms with Crippen LogP contribution in [0.3, 0.4) is 0 Å². The van der Waals surface area contributed by atoms with E-state index in [-0.39, 0.29) is 0 Å². The highest BCUT2D eigenvalue weighted by molar-refractivity contribution is 5.86. The molecule has 4 nitrogen and oxygen atoms in total. The largest absolute Gasteiger partial charge is 0.478 e. The molecule has 1 aromatic rings. The quantitative estimate of drug-likeness (QED) is 0.838. The molecule has 0 amide bonds. The lowest BCUT2D eigenvalue weighted by Crippen LogP contribution is -2.28. The van der Waals surface area contributed by atoms with Crippen LogP contribution in [0.5, 0.6) is 0 Å². The van der Waals surface area contributed by atoms with Crippen LogP contribution in [0, 0.1) is 5.92 Å². The van der Waals surface area contributed by atoms with Gasteiger partial charge in [0.1, 0.15) is 5.82 Å². The van der Waals surface area contributed by atoms with Crippen molar-refractivity contribution in [1.29, 1.82) is 0 Å². The first-order valence-corrected chi connectivity index (χ1v) is 7.24. The number of hydrogen-bond acceptors (Lipinski definition) is 3. The van der Waals surface area contributed by atoms with E-state index in [2.05, 4.69) is 9.88 Å². The van der Waals surface area contributed by atoms with Crippen molar-refractivity contribution in [1.82, 2.24) is 4.98 Å². The predicted octanol–water partition coefficient (Wildman–Crippen LogP) is 3.20. The van der Waals surface area contributed by atoms with Crippen LogP contribution in [-0.4, -0.2) is 29.7 Å². The van der Waals surface area contributed by atoms with Gasteiger partial charge < -0.3 is 10.0 Å². The fourth-order valence-corrected chi connectivity index (χ4v) is 2.86. The van der Waals surface area contributed by atoms with E-state index in [0.29, 0.717) is 0 Å². The average Bonchev–Trinajstić information content (AvgIpc) is 2.46. The molecular weight excluding hydrogens is 252 g/mol. The van der Waals surface area contributed by atoms with Gasteiger partial charge in [0, 0.05) is 31.4 Å². The fourth-order valence-electron chi connectivity index (χ4n) is 2.86. The molecule has 2 rings (SSSR count). The Bertz CT molecular complexity index is 479. The Kier molecular flexibility index (Phi) is 5.16. The molecule has 20 heavy (non-hydrogen) atoms. The highest BCUT2D eigenvalue weighted by Gasteiger charge is 2.17. The van der Waals surface area contributed by atoms with Crippen LogP contribution in [-0.2, 0) is 4.79 Å². The number of rotatable bonds is 5. The van der Waals surface area contributed by atoms with Gasteiger partial charge in [0.05, 0.1) is 0 Å². The van der Waals surface area contributed by atoms with Gasteiger partial charge in [0.2, 0.25) is 0 Å². The normalized spacial score (nSPS) is 16.4. The molecule has 0 saturated heterocycles. The van der Waals surface area contributed by atoms with Crippen molar-refractivity contribution in [2.24, 2.45) is 5.92 Å². The summed E-state index contributed by atoms with van der Waals surface area (Å²) in [4.78, 5) is 17.2. The predicted molar refractivity (Wildman–Crippen MR) is 80.8 cm³/mol. The molecule has 0 aromatic carbocycles. The van der Waals surface area contributed by atoms with E-state index in [9.17, 15) is 4.79 Å². The molecule has 108 valence electrons. The van der Waals surface area contributed by atoms with Gasteiger partial charge in [-0.25, -0.2) is 9.78 Å². The van der Waals surface area contributed by atoms with Crippen LogP contribution >= 0.6 is 0 Å². The summed E-state index contributed by atoms with van der Waals surface area (Å²) >= 11 is 0. The second kappa shape index (κ2) is 7.08. The molecule has 1 fully saturated rings. The third-order valence-corrected chi connectivity index (χ3v) is 3.84. The number of hydrogen-bond donors (Lipinski definition) is 1. The van der Waals surface area contributed by atoms with E-state index in [1.165, 1.54) is 32.1 Å². The maximum atomic E-state index is 10.6. The summed E-state index contributed by atoms with van der Waals surface area (Å²) in [5, 5.41) is 8.74. The number of carboxylic acid groups (broad SMARTS) is 1. The third kappa shape index (κ3) is 4.08. The minimum Gasteiger partial charge on any atom is -0.478 e. The molecule has 0 atom stereocenters. The Morgan fingerprint density at radius 3 is 2.90 bits per heavy atom. The molecule has 1 saturated carbocycles. The summed E-state index contributed by atoms with van der Waals surface area (Å²) in [5.74, 6) is 0.650. The lowest BCUT2D eigenvalue weighted by molar-refractivity contribution is -0.131. The molecule has 1 heterocycles. The first-order valence-electron chi connectivity index (χ1n) is 7.24. The Labute approximate surface area is 120 Å². The third-order valence-electron chi connectivity index (χ3n) is 3.84. The van der Waals surface area contributed by atoms with Crippen LogP contribution in [0.15, 0.2) is 24.4 Å². The summed E-state index contributed by atoms with van der Waals surface area (Å²) in [7, 11) is 2.04. The number of carboxylic acids is 1. The fraction of sp³-hybridized carbons (Fsp3) is 0.500. The van der Waals surface area contributed by atoms with Gasteiger partial charge >= 0.3 is 5.97 Å². The lowest BCUT2D eigenvalue weighted by Gasteiger charge is -2.28. The van der Waals surface area contributed by atoms with Crippen molar-refractivity contribution in [3.05, 3.63) is 30.0 Å². The monoisotopic (exact) mass is 274 g/mol. The molecule has 1 N–H and O–H groups in total. The molecule has 1 aliphatic rings. The number of nitrogens with zero attached hydrogens (tertiary/aromatic N) is 2. The maximum absolute atomic E-state index is 10.6. The Morgan fingerprint density at radius 1 is 1.45 bits per heavy atom. The van der Waals surface area contributed by atoms with Crippen LogP contribution in [0.2, 0.25) is 0 Å². The Morgan fingerprint density at radius 2 is 2.20 bits per heavy atom. The van der Waals surface area contributed by atoms with Crippen LogP contribution in [0.25, 0.3) is 6.08 Å². The average molecular weight is 274 g/mol. The standard InChI is InChI=1S/C16H22N2O2/c1-18(12-13-6-3-2-4-7-13)16-14(8-5-11-17-16)9-10-15(19)20/h5,8-11,13H,2-4,6-7,12H2,1H3,(H,19,20)/b10-9+. The van der Waals surface area contributed by atoms with E-state index >= 15 is 0 Å². The van der Waals surface area contributed by atoms with Gasteiger partial charge in [-0.2, -0.15) is 0 Å². The Hall–Kier alpha value is -1.84. The highest BCUT2D eigenvalue weighted by Crippen LogP contribution is 2.26. The van der Waals surface area contributed by atoms with Gasteiger partial charge in [-0.1, -0.05) is 19.3 Å². The van der Waals surface area contributed by atoms with Crippen molar-refractivity contribution in [2.45, 2.75) is 32.1 Å². The first kappa shape index (κ1) is 14.6. The van der Waals surface area contributed by atoms with E-state index in [1.54, 1.807) is 12.3 Å². The van der Waals surface area contributed by atoms with E-state index in [4.69, 9.17) is 5.11 Å². The minimum atomic E-state index is -0.935. The number of carbonyl (C=O) groups is 1. The second-order valence-electron chi connectivity index (χ2n) is 5.47. The zero-order valence-corrected chi connectivity index (χ0v) is 12.0. The van der Waals surface area contributed by atoms with Gasteiger partial charge in [0.25, 0.3) is 0 Å². The van der Waals surface area contributed by atoms with Crippen LogP contribution in [0.4, 0.5) is 5.82 Å². The van der Waals surface area contributed by atoms with E-state index < -0.39 is 5.97 Å². The summed E-state index contributed by atoms with van der Waals surface area (Å²) in [6, 6.07) is 3.73.